The molecule has 3 aromatic carbocycles. The van der Waals surface area contributed by atoms with Crippen molar-refractivity contribution in [3.63, 3.8) is 0 Å². The van der Waals surface area contributed by atoms with E-state index in [2.05, 4.69) is 0 Å². The maximum absolute atomic E-state index is 12.7. The van der Waals surface area contributed by atoms with Crippen LogP contribution in [0.25, 0.3) is 6.08 Å². The Kier molecular flexibility index (Phi) is 6.31. The van der Waals surface area contributed by atoms with E-state index in [0.29, 0.717) is 34.3 Å². The molecule has 168 valence electrons. The average Bonchev–Trinajstić information content (AvgIpc) is 3.13. The van der Waals surface area contributed by atoms with E-state index in [1.54, 1.807) is 82.0 Å². The van der Waals surface area contributed by atoms with Gasteiger partial charge in [0, 0.05) is 6.07 Å². The molecule has 0 aliphatic carbocycles. The second-order valence-corrected chi connectivity index (χ2v) is 7.21. The fourth-order valence-electron chi connectivity index (χ4n) is 3.40. The third kappa shape index (κ3) is 4.82. The number of hydrogen-bond acceptors (Lipinski definition) is 7. The molecule has 7 heteroatoms. The van der Waals surface area contributed by atoms with E-state index in [1.807, 2.05) is 0 Å². The highest BCUT2D eigenvalue weighted by molar-refractivity contribution is 6.14. The van der Waals surface area contributed by atoms with E-state index < -0.39 is 5.97 Å². The second-order valence-electron chi connectivity index (χ2n) is 7.21. The number of methoxy groups -OCH3 is 3. The summed E-state index contributed by atoms with van der Waals surface area (Å²) < 4.78 is 26.8. The molecule has 1 heterocycles. The number of carbonyl (C=O) groups is 2. The van der Waals surface area contributed by atoms with Gasteiger partial charge in [0.1, 0.15) is 17.2 Å². The maximum atomic E-state index is 12.7. The number of ketones is 1. The molecular formula is C26H22O7. The minimum Gasteiger partial charge on any atom is -0.497 e. The molecule has 0 unspecified atom stereocenters. The lowest BCUT2D eigenvalue weighted by molar-refractivity contribution is -0.133. The molecule has 0 saturated heterocycles. The average molecular weight is 446 g/mol. The minimum atomic E-state index is -0.425. The molecule has 0 fully saturated rings. The van der Waals surface area contributed by atoms with Crippen LogP contribution in [0.1, 0.15) is 21.5 Å². The van der Waals surface area contributed by atoms with Crippen molar-refractivity contribution < 1.29 is 33.3 Å². The zero-order valence-corrected chi connectivity index (χ0v) is 18.4. The lowest BCUT2D eigenvalue weighted by atomic mass is 10.1. The van der Waals surface area contributed by atoms with E-state index in [9.17, 15) is 9.59 Å². The maximum Gasteiger partial charge on any atom is 0.315 e. The van der Waals surface area contributed by atoms with Crippen LogP contribution in [0.5, 0.6) is 28.7 Å². The van der Waals surface area contributed by atoms with Gasteiger partial charge in [0.15, 0.2) is 17.3 Å². The summed E-state index contributed by atoms with van der Waals surface area (Å²) in [5.74, 6) is 1.96. The van der Waals surface area contributed by atoms with Crippen LogP contribution in [0, 0.1) is 0 Å². The van der Waals surface area contributed by atoms with Gasteiger partial charge in [-0.25, -0.2) is 0 Å². The number of ether oxygens (including phenoxy) is 5. The smallest absolute Gasteiger partial charge is 0.315 e. The Balaban J connectivity index is 1.47. The molecule has 0 bridgehead atoms. The van der Waals surface area contributed by atoms with Gasteiger partial charge in [-0.15, -0.1) is 0 Å². The molecule has 7 nitrogen and oxygen atoms in total. The Morgan fingerprint density at radius 1 is 0.848 bits per heavy atom. The second kappa shape index (κ2) is 9.48. The number of allylic oxidation sites excluding steroid dienone is 1. The van der Waals surface area contributed by atoms with Crippen molar-refractivity contribution >= 4 is 17.8 Å². The predicted octanol–water partition coefficient (Wildman–Crippen LogP) is 4.48. The van der Waals surface area contributed by atoms with Gasteiger partial charge in [-0.3, -0.25) is 9.59 Å². The highest BCUT2D eigenvalue weighted by atomic mass is 16.5. The van der Waals surface area contributed by atoms with Crippen molar-refractivity contribution in [2.45, 2.75) is 6.42 Å². The summed E-state index contributed by atoms with van der Waals surface area (Å²) in [5, 5.41) is 0. The van der Waals surface area contributed by atoms with Crippen LogP contribution >= 0.6 is 0 Å². The summed E-state index contributed by atoms with van der Waals surface area (Å²) >= 11 is 0. The number of fused-ring (bicyclic) bond motifs is 1. The minimum absolute atomic E-state index is 0.103. The molecule has 0 radical (unpaired) electrons. The van der Waals surface area contributed by atoms with Crippen LogP contribution in [0.3, 0.4) is 0 Å². The fraction of sp³-hybridized carbons (Fsp3) is 0.154. The SMILES string of the molecule is COc1ccc(CC(=O)Oc2ccc3c(c2)O/C(=C\c2ccc(OC)c(OC)c2)C3=O)cc1. The van der Waals surface area contributed by atoms with Gasteiger partial charge in [-0.1, -0.05) is 18.2 Å². The lowest BCUT2D eigenvalue weighted by Gasteiger charge is -2.08. The van der Waals surface area contributed by atoms with Crippen molar-refractivity contribution in [3.8, 4) is 28.7 Å². The molecule has 0 aromatic heterocycles. The van der Waals surface area contributed by atoms with Gasteiger partial charge in [0.25, 0.3) is 0 Å². The van der Waals surface area contributed by atoms with Crippen LogP contribution in [0.2, 0.25) is 0 Å². The van der Waals surface area contributed by atoms with E-state index in [-0.39, 0.29) is 18.0 Å². The van der Waals surface area contributed by atoms with E-state index in [4.69, 9.17) is 23.7 Å². The summed E-state index contributed by atoms with van der Waals surface area (Å²) in [6.45, 7) is 0. The predicted molar refractivity (Wildman–Crippen MR) is 121 cm³/mol. The van der Waals surface area contributed by atoms with Crippen LogP contribution < -0.4 is 23.7 Å². The third-order valence-corrected chi connectivity index (χ3v) is 5.09. The first-order valence-electron chi connectivity index (χ1n) is 10.1. The first kappa shape index (κ1) is 22.0. The van der Waals surface area contributed by atoms with Crippen molar-refractivity contribution in [1.29, 1.82) is 0 Å². The molecule has 4 rings (SSSR count). The normalized spacial score (nSPS) is 13.3. The first-order valence-corrected chi connectivity index (χ1v) is 10.1. The van der Waals surface area contributed by atoms with E-state index in [0.717, 1.165) is 11.1 Å². The monoisotopic (exact) mass is 446 g/mol. The molecular weight excluding hydrogens is 424 g/mol. The van der Waals surface area contributed by atoms with Gasteiger partial charge in [0.05, 0.1) is 33.3 Å². The van der Waals surface area contributed by atoms with Gasteiger partial charge in [-0.2, -0.15) is 0 Å². The number of Topliss-reactive ketones (excluding diaryl/α,β-unsaturated/α-hetero) is 1. The molecule has 0 spiro atoms. The summed E-state index contributed by atoms with van der Waals surface area (Å²) in [6.07, 6.45) is 1.73. The highest BCUT2D eigenvalue weighted by Crippen LogP contribution is 2.36. The summed E-state index contributed by atoms with van der Waals surface area (Å²) in [5.41, 5.74) is 1.92. The largest absolute Gasteiger partial charge is 0.497 e. The summed E-state index contributed by atoms with van der Waals surface area (Å²) in [7, 11) is 4.68. The topological polar surface area (TPSA) is 80.3 Å². The number of benzene rings is 3. The number of rotatable bonds is 7. The van der Waals surface area contributed by atoms with Crippen LogP contribution in [-0.2, 0) is 11.2 Å². The van der Waals surface area contributed by atoms with E-state index in [1.165, 1.54) is 6.07 Å². The van der Waals surface area contributed by atoms with E-state index >= 15 is 0 Å². The molecule has 33 heavy (non-hydrogen) atoms. The highest BCUT2D eigenvalue weighted by Gasteiger charge is 2.28. The lowest BCUT2D eigenvalue weighted by Crippen LogP contribution is -2.11. The number of esters is 1. The van der Waals surface area contributed by atoms with Crippen molar-refractivity contribution in [2.24, 2.45) is 0 Å². The fourth-order valence-corrected chi connectivity index (χ4v) is 3.40. The van der Waals surface area contributed by atoms with Crippen molar-refractivity contribution in [3.05, 3.63) is 83.1 Å². The number of hydrogen-bond donors (Lipinski definition) is 0. The Labute approximate surface area is 191 Å². The Hall–Kier alpha value is -4.26. The Morgan fingerprint density at radius 2 is 1.58 bits per heavy atom. The van der Waals surface area contributed by atoms with Gasteiger partial charge >= 0.3 is 5.97 Å². The van der Waals surface area contributed by atoms with Crippen LogP contribution in [0.4, 0.5) is 0 Å². The zero-order chi connectivity index (χ0) is 23.4. The quantitative estimate of drug-likeness (QED) is 0.301. The molecule has 0 N–H and O–H groups in total. The molecule has 3 aromatic rings. The molecule has 0 atom stereocenters. The summed E-state index contributed by atoms with van der Waals surface area (Å²) in [6, 6.07) is 17.2. The van der Waals surface area contributed by atoms with Crippen LogP contribution in [0.15, 0.2) is 66.4 Å². The van der Waals surface area contributed by atoms with Crippen LogP contribution in [-0.4, -0.2) is 33.1 Å². The standard InChI is InChI=1S/C26H22O7/c1-29-18-7-4-16(5-8-18)14-25(27)32-19-9-10-20-22(15-19)33-24(26(20)28)13-17-6-11-21(30-2)23(12-17)31-3/h4-13,15H,14H2,1-3H3/b24-13-. The Morgan fingerprint density at radius 3 is 2.27 bits per heavy atom. The van der Waals surface area contributed by atoms with Gasteiger partial charge in [-0.05, 0) is 53.6 Å². The number of carbonyl (C=O) groups excluding carboxylic acids is 2. The molecule has 1 aliphatic rings. The molecule has 0 amide bonds. The first-order chi connectivity index (χ1) is 16.0. The Bertz CT molecular complexity index is 1230. The van der Waals surface area contributed by atoms with Crippen molar-refractivity contribution in [1.82, 2.24) is 0 Å². The third-order valence-electron chi connectivity index (χ3n) is 5.09. The van der Waals surface area contributed by atoms with Gasteiger partial charge < -0.3 is 23.7 Å². The van der Waals surface area contributed by atoms with Crippen molar-refractivity contribution in [2.75, 3.05) is 21.3 Å². The zero-order valence-electron chi connectivity index (χ0n) is 18.4. The molecule has 0 saturated carbocycles. The van der Waals surface area contributed by atoms with Gasteiger partial charge in [0.2, 0.25) is 5.78 Å². The summed E-state index contributed by atoms with van der Waals surface area (Å²) in [4.78, 5) is 25.1. The molecule has 1 aliphatic heterocycles.